The summed E-state index contributed by atoms with van der Waals surface area (Å²) in [6.45, 7) is 2.95. The van der Waals surface area contributed by atoms with Crippen LogP contribution in [0, 0.1) is 0 Å². The van der Waals surface area contributed by atoms with E-state index in [0.29, 0.717) is 16.6 Å². The number of para-hydroxylation sites is 1. The maximum Gasteiger partial charge on any atom is 0.282 e. The van der Waals surface area contributed by atoms with E-state index in [1.54, 1.807) is 31.2 Å². The number of carbonyl (C=O) groups is 1. The summed E-state index contributed by atoms with van der Waals surface area (Å²) in [6.07, 6.45) is 1.51. The topological polar surface area (TPSA) is 123 Å². The Bertz CT molecular complexity index is 1620. The van der Waals surface area contributed by atoms with Crippen molar-refractivity contribution in [1.82, 2.24) is 14.4 Å². The molecular weight excluding hydrogens is 546 g/mol. The van der Waals surface area contributed by atoms with Crippen LogP contribution in [-0.2, 0) is 14.8 Å². The lowest BCUT2D eigenvalue weighted by Gasteiger charge is -2.17. The Labute approximate surface area is 216 Å². The molecule has 0 saturated carbocycles. The molecule has 0 spiro atoms. The molecular formula is C25H22BrN5O4S. The second kappa shape index (κ2) is 10.5. The van der Waals surface area contributed by atoms with Crippen LogP contribution in [0.4, 0.5) is 5.69 Å². The Morgan fingerprint density at radius 2 is 1.72 bits per heavy atom. The fourth-order valence-electron chi connectivity index (χ4n) is 3.48. The molecule has 3 aromatic carbocycles. The minimum absolute atomic E-state index is 0.00324. The number of rotatable bonds is 7. The molecule has 0 aliphatic carbocycles. The third-order valence-corrected chi connectivity index (χ3v) is 7.26. The van der Waals surface area contributed by atoms with Crippen LogP contribution in [-0.4, -0.2) is 30.2 Å². The predicted molar refractivity (Wildman–Crippen MR) is 143 cm³/mol. The van der Waals surface area contributed by atoms with Crippen LogP contribution in [0.1, 0.15) is 31.3 Å². The Balaban J connectivity index is 1.71. The van der Waals surface area contributed by atoms with E-state index >= 15 is 0 Å². The number of sulfonamides is 1. The highest BCUT2D eigenvalue weighted by atomic mass is 79.9. The minimum atomic E-state index is -3.98. The molecule has 9 nitrogen and oxygen atoms in total. The van der Waals surface area contributed by atoms with Gasteiger partial charge in [-0.1, -0.05) is 40.2 Å². The average molecular weight is 568 g/mol. The smallest absolute Gasteiger partial charge is 0.282 e. The molecule has 11 heteroatoms. The van der Waals surface area contributed by atoms with Crippen LogP contribution in [0.5, 0.6) is 0 Å². The van der Waals surface area contributed by atoms with Gasteiger partial charge in [0.05, 0.1) is 28.1 Å². The van der Waals surface area contributed by atoms with Gasteiger partial charge >= 0.3 is 0 Å². The van der Waals surface area contributed by atoms with Crippen molar-refractivity contribution in [3.63, 3.8) is 0 Å². The molecule has 2 N–H and O–H groups in total. The zero-order valence-electron chi connectivity index (χ0n) is 19.3. The zero-order valence-corrected chi connectivity index (χ0v) is 21.7. The first kappa shape index (κ1) is 25.4. The predicted octanol–water partition coefficient (Wildman–Crippen LogP) is 4.04. The van der Waals surface area contributed by atoms with Gasteiger partial charge in [0.1, 0.15) is 0 Å². The standard InChI is InChI=1S/C25H22BrN5O4S/c1-16(30-36(34,35)21-13-11-20(12-14-21)28-17(2)32)24-29-23-6-4-3-5-22(23)25(33)31(24)27-15-18-7-9-19(26)10-8-18/h3-16,30H,1-2H3,(H,28,32)/b27-15+. The number of halogens is 1. The summed E-state index contributed by atoms with van der Waals surface area (Å²) in [5, 5.41) is 7.29. The first-order chi connectivity index (χ1) is 17.1. The lowest BCUT2D eigenvalue weighted by Crippen LogP contribution is -2.32. The van der Waals surface area contributed by atoms with Gasteiger partial charge in [-0.15, -0.1) is 0 Å². The van der Waals surface area contributed by atoms with E-state index < -0.39 is 21.6 Å². The molecule has 1 amide bonds. The SMILES string of the molecule is CC(=O)Nc1ccc(S(=O)(=O)NC(C)c2nc3ccccc3c(=O)n2/N=C/c2ccc(Br)cc2)cc1. The zero-order chi connectivity index (χ0) is 25.9. The third-order valence-electron chi connectivity index (χ3n) is 5.18. The molecule has 1 heterocycles. The molecule has 0 aliphatic rings. The van der Waals surface area contributed by atoms with Crippen molar-refractivity contribution in [2.24, 2.45) is 5.10 Å². The fraction of sp³-hybridized carbons (Fsp3) is 0.120. The average Bonchev–Trinajstić information content (AvgIpc) is 2.84. The number of nitrogens with zero attached hydrogens (tertiary/aromatic N) is 3. The number of nitrogens with one attached hydrogen (secondary N) is 2. The van der Waals surface area contributed by atoms with Gasteiger partial charge in [0.2, 0.25) is 15.9 Å². The van der Waals surface area contributed by atoms with Crippen molar-refractivity contribution in [2.75, 3.05) is 5.32 Å². The van der Waals surface area contributed by atoms with E-state index in [-0.39, 0.29) is 16.6 Å². The van der Waals surface area contributed by atoms with Crippen LogP contribution in [0.25, 0.3) is 10.9 Å². The molecule has 36 heavy (non-hydrogen) atoms. The van der Waals surface area contributed by atoms with Crippen molar-refractivity contribution in [3.8, 4) is 0 Å². The first-order valence-corrected chi connectivity index (χ1v) is 13.1. The Kier molecular flexibility index (Phi) is 7.43. The van der Waals surface area contributed by atoms with Gasteiger partial charge in [-0.05, 0) is 61.0 Å². The Morgan fingerprint density at radius 3 is 2.39 bits per heavy atom. The van der Waals surface area contributed by atoms with Crippen molar-refractivity contribution in [2.45, 2.75) is 24.8 Å². The summed E-state index contributed by atoms with van der Waals surface area (Å²) in [7, 11) is -3.98. The van der Waals surface area contributed by atoms with Gasteiger partial charge < -0.3 is 5.32 Å². The summed E-state index contributed by atoms with van der Waals surface area (Å²) in [4.78, 5) is 29.0. The normalized spacial score (nSPS) is 12.6. The Hall–Kier alpha value is -3.67. The van der Waals surface area contributed by atoms with Crippen LogP contribution < -0.4 is 15.6 Å². The fourth-order valence-corrected chi connectivity index (χ4v) is 4.95. The van der Waals surface area contributed by atoms with E-state index in [9.17, 15) is 18.0 Å². The summed E-state index contributed by atoms with van der Waals surface area (Å²) < 4.78 is 30.7. The lowest BCUT2D eigenvalue weighted by molar-refractivity contribution is -0.114. The van der Waals surface area contributed by atoms with Crippen LogP contribution in [0.15, 0.2) is 92.1 Å². The number of benzene rings is 3. The molecule has 1 unspecified atom stereocenters. The minimum Gasteiger partial charge on any atom is -0.326 e. The summed E-state index contributed by atoms with van der Waals surface area (Å²) >= 11 is 3.38. The number of hydrogen-bond donors (Lipinski definition) is 2. The maximum absolute atomic E-state index is 13.3. The summed E-state index contributed by atoms with van der Waals surface area (Å²) in [5.74, 6) is -0.133. The molecule has 1 atom stereocenters. The van der Waals surface area contributed by atoms with Crippen LogP contribution >= 0.6 is 15.9 Å². The van der Waals surface area contributed by atoms with Crippen molar-refractivity contribution in [3.05, 3.63) is 99.0 Å². The molecule has 184 valence electrons. The molecule has 4 aromatic rings. The summed E-state index contributed by atoms with van der Waals surface area (Å²) in [5.41, 5.74) is 1.23. The number of amides is 1. The molecule has 0 saturated heterocycles. The molecule has 0 aliphatic heterocycles. The Morgan fingerprint density at radius 1 is 1.06 bits per heavy atom. The summed E-state index contributed by atoms with van der Waals surface area (Å²) in [6, 6.07) is 19.0. The van der Waals surface area contributed by atoms with Gasteiger partial charge in [0.25, 0.3) is 5.56 Å². The molecule has 1 aromatic heterocycles. The van der Waals surface area contributed by atoms with E-state index in [1.807, 2.05) is 24.3 Å². The van der Waals surface area contributed by atoms with Crippen LogP contribution in [0.2, 0.25) is 0 Å². The largest absolute Gasteiger partial charge is 0.326 e. The molecule has 4 rings (SSSR count). The lowest BCUT2D eigenvalue weighted by atomic mass is 10.2. The maximum atomic E-state index is 13.3. The highest BCUT2D eigenvalue weighted by Gasteiger charge is 2.23. The third kappa shape index (κ3) is 5.76. The van der Waals surface area contributed by atoms with E-state index in [0.717, 1.165) is 14.7 Å². The second-order valence-electron chi connectivity index (χ2n) is 7.95. The number of hydrogen-bond acceptors (Lipinski definition) is 6. The monoisotopic (exact) mass is 567 g/mol. The van der Waals surface area contributed by atoms with Gasteiger partial charge in [0, 0.05) is 17.1 Å². The van der Waals surface area contributed by atoms with Crippen molar-refractivity contribution < 1.29 is 13.2 Å². The van der Waals surface area contributed by atoms with Crippen molar-refractivity contribution >= 4 is 54.7 Å². The van der Waals surface area contributed by atoms with E-state index in [2.05, 4.69) is 36.1 Å². The van der Waals surface area contributed by atoms with Gasteiger partial charge in [-0.25, -0.2) is 18.1 Å². The number of fused-ring (bicyclic) bond motifs is 1. The van der Waals surface area contributed by atoms with Gasteiger partial charge in [-0.3, -0.25) is 9.59 Å². The van der Waals surface area contributed by atoms with E-state index in [1.165, 1.54) is 37.4 Å². The highest BCUT2D eigenvalue weighted by Crippen LogP contribution is 2.19. The number of aromatic nitrogens is 2. The van der Waals surface area contributed by atoms with E-state index in [4.69, 9.17) is 0 Å². The van der Waals surface area contributed by atoms with Gasteiger partial charge in [-0.2, -0.15) is 9.78 Å². The highest BCUT2D eigenvalue weighted by molar-refractivity contribution is 9.10. The second-order valence-corrected chi connectivity index (χ2v) is 10.6. The molecule has 0 radical (unpaired) electrons. The van der Waals surface area contributed by atoms with Gasteiger partial charge in [0.15, 0.2) is 5.82 Å². The number of anilines is 1. The van der Waals surface area contributed by atoms with Crippen LogP contribution in [0.3, 0.4) is 0 Å². The molecule has 0 fully saturated rings. The quantitative estimate of drug-likeness (QED) is 0.326. The molecule has 0 bridgehead atoms. The number of carbonyl (C=O) groups excluding carboxylic acids is 1. The first-order valence-electron chi connectivity index (χ1n) is 10.9. The van der Waals surface area contributed by atoms with Crippen molar-refractivity contribution in [1.29, 1.82) is 0 Å².